The lowest BCUT2D eigenvalue weighted by Gasteiger charge is -2.37. The Bertz CT molecular complexity index is 1110. The van der Waals surface area contributed by atoms with Crippen LogP contribution in [-0.4, -0.2) is 23.6 Å². The second-order valence-electron chi connectivity index (χ2n) is 7.96. The summed E-state index contributed by atoms with van der Waals surface area (Å²) in [5, 5.41) is 4.45. The van der Waals surface area contributed by atoms with Gasteiger partial charge in [0.15, 0.2) is 0 Å². The van der Waals surface area contributed by atoms with Gasteiger partial charge in [-0.1, -0.05) is 18.2 Å². The van der Waals surface area contributed by atoms with E-state index in [1.165, 1.54) is 25.3 Å². The van der Waals surface area contributed by atoms with Crippen molar-refractivity contribution in [2.45, 2.75) is 31.8 Å². The molecule has 1 aromatic heterocycles. The van der Waals surface area contributed by atoms with E-state index in [1.54, 1.807) is 0 Å². The highest BCUT2D eigenvalue weighted by atomic mass is 19.1. The maximum Gasteiger partial charge on any atom is 0.330 e. The quantitative estimate of drug-likeness (QED) is 0.501. The molecule has 2 heterocycles. The summed E-state index contributed by atoms with van der Waals surface area (Å²) in [6, 6.07) is 9.68. The molecule has 4 nitrogen and oxygen atoms in total. The van der Waals surface area contributed by atoms with E-state index in [9.17, 15) is 4.79 Å². The molecule has 0 saturated carbocycles. The molecule has 0 radical (unpaired) electrons. The summed E-state index contributed by atoms with van der Waals surface area (Å²) in [5.74, 6) is -1.93. The predicted molar refractivity (Wildman–Crippen MR) is 108 cm³/mol. The van der Waals surface area contributed by atoms with Crippen LogP contribution in [0.4, 0.5) is 8.78 Å². The van der Waals surface area contributed by atoms with E-state index in [4.69, 9.17) is 0 Å². The fourth-order valence-corrected chi connectivity index (χ4v) is 4.04. The van der Waals surface area contributed by atoms with E-state index in [0.29, 0.717) is 0 Å². The number of fused-ring (bicyclic) bond motifs is 3. The Hall–Kier alpha value is -2.99. The highest BCUT2D eigenvalue weighted by Gasteiger charge is 2.37. The molecule has 1 aliphatic rings. The van der Waals surface area contributed by atoms with Gasteiger partial charge in [-0.3, -0.25) is 5.32 Å². The number of carbonyl (C=O) groups is 1. The van der Waals surface area contributed by atoms with Gasteiger partial charge in [0.05, 0.1) is 13.2 Å². The normalized spacial score (nSPS) is 18.2. The molecule has 0 bridgehead atoms. The van der Waals surface area contributed by atoms with Crippen LogP contribution in [0.25, 0.3) is 17.0 Å². The van der Waals surface area contributed by atoms with E-state index in [0.717, 1.165) is 34.7 Å². The highest BCUT2D eigenvalue weighted by Crippen LogP contribution is 2.39. The standard InChI is InChI=1S/C23H22F2N2O2/c1-23(2)12-15-14-6-4-5-7-18(14)26-21(15)22(27-23)20-16(24)10-13(11-17(20)25)8-9-19(28)29-3/h4-11,22,26-27H,12H2,1-3H3. The molecule has 2 N–H and O–H groups in total. The fourth-order valence-electron chi connectivity index (χ4n) is 4.04. The first-order valence-corrected chi connectivity index (χ1v) is 9.41. The van der Waals surface area contributed by atoms with Crippen molar-refractivity contribution < 1.29 is 18.3 Å². The number of aromatic nitrogens is 1. The summed E-state index contributed by atoms with van der Waals surface area (Å²) < 4.78 is 34.6. The predicted octanol–water partition coefficient (Wildman–Crippen LogP) is 4.65. The van der Waals surface area contributed by atoms with Crippen molar-refractivity contribution in [1.82, 2.24) is 10.3 Å². The first-order chi connectivity index (χ1) is 13.8. The summed E-state index contributed by atoms with van der Waals surface area (Å²) in [5.41, 5.74) is 2.66. The van der Waals surface area contributed by atoms with Crippen molar-refractivity contribution in [3.63, 3.8) is 0 Å². The first-order valence-electron chi connectivity index (χ1n) is 9.41. The second kappa shape index (κ2) is 7.12. The topological polar surface area (TPSA) is 54.1 Å². The minimum absolute atomic E-state index is 0.0409. The molecule has 2 aromatic carbocycles. The monoisotopic (exact) mass is 396 g/mol. The number of nitrogens with one attached hydrogen (secondary N) is 2. The minimum Gasteiger partial charge on any atom is -0.466 e. The highest BCUT2D eigenvalue weighted by molar-refractivity contribution is 5.87. The van der Waals surface area contributed by atoms with Gasteiger partial charge in [-0.2, -0.15) is 0 Å². The first kappa shape index (κ1) is 19.3. The molecule has 0 saturated heterocycles. The molecule has 1 aliphatic heterocycles. The molecule has 4 rings (SSSR count). The SMILES string of the molecule is COC(=O)C=Cc1cc(F)c(C2NC(C)(C)Cc3c2[nH]c2ccccc32)c(F)c1. The maximum absolute atomic E-state index is 15.1. The van der Waals surface area contributed by atoms with Gasteiger partial charge in [-0.25, -0.2) is 13.6 Å². The molecule has 3 aromatic rings. The number of esters is 1. The zero-order valence-electron chi connectivity index (χ0n) is 16.5. The van der Waals surface area contributed by atoms with E-state index in [2.05, 4.69) is 15.0 Å². The van der Waals surface area contributed by atoms with Crippen molar-refractivity contribution in [2.24, 2.45) is 0 Å². The van der Waals surface area contributed by atoms with Gasteiger partial charge in [0.2, 0.25) is 0 Å². The third-order valence-corrected chi connectivity index (χ3v) is 5.29. The number of benzene rings is 2. The molecule has 6 heteroatoms. The van der Waals surface area contributed by atoms with Crippen LogP contribution in [0.5, 0.6) is 0 Å². The van der Waals surface area contributed by atoms with E-state index in [-0.39, 0.29) is 16.7 Å². The number of para-hydroxylation sites is 1. The summed E-state index contributed by atoms with van der Waals surface area (Å²) in [7, 11) is 1.24. The van der Waals surface area contributed by atoms with Crippen molar-refractivity contribution in [1.29, 1.82) is 0 Å². The van der Waals surface area contributed by atoms with Crippen LogP contribution >= 0.6 is 0 Å². The lowest BCUT2D eigenvalue weighted by Crippen LogP contribution is -2.48. The molecule has 0 spiro atoms. The van der Waals surface area contributed by atoms with Gasteiger partial charge in [-0.15, -0.1) is 0 Å². The molecule has 29 heavy (non-hydrogen) atoms. The molecule has 1 unspecified atom stereocenters. The number of carbonyl (C=O) groups excluding carboxylic acids is 1. The average Bonchev–Trinajstić information content (AvgIpc) is 3.03. The molecule has 0 amide bonds. The van der Waals surface area contributed by atoms with Crippen molar-refractivity contribution in [3.05, 3.63) is 76.5 Å². The molecule has 0 aliphatic carbocycles. The van der Waals surface area contributed by atoms with Crippen LogP contribution in [-0.2, 0) is 16.0 Å². The Labute approximate surface area is 167 Å². The number of H-pyrrole nitrogens is 1. The van der Waals surface area contributed by atoms with Gasteiger partial charge in [0, 0.05) is 33.8 Å². The lowest BCUT2D eigenvalue weighted by molar-refractivity contribution is -0.134. The maximum atomic E-state index is 15.1. The third-order valence-electron chi connectivity index (χ3n) is 5.29. The van der Waals surface area contributed by atoms with Crippen LogP contribution in [0.2, 0.25) is 0 Å². The van der Waals surface area contributed by atoms with E-state index >= 15 is 8.78 Å². The molecule has 0 fully saturated rings. The van der Waals surface area contributed by atoms with Crippen LogP contribution < -0.4 is 5.32 Å². The van der Waals surface area contributed by atoms with Crippen molar-refractivity contribution in [3.8, 4) is 0 Å². The van der Waals surface area contributed by atoms with Crippen LogP contribution in [0, 0.1) is 11.6 Å². The minimum atomic E-state index is -0.672. The third kappa shape index (κ3) is 3.56. The molecule has 1 atom stereocenters. The van der Waals surface area contributed by atoms with E-state index in [1.807, 2.05) is 38.1 Å². The molecular formula is C23H22F2N2O2. The Kier molecular flexibility index (Phi) is 4.74. The Morgan fingerprint density at radius 1 is 1.21 bits per heavy atom. The van der Waals surface area contributed by atoms with E-state index < -0.39 is 23.6 Å². The summed E-state index contributed by atoms with van der Waals surface area (Å²) in [4.78, 5) is 14.6. The number of methoxy groups -OCH3 is 1. The fraction of sp³-hybridized carbons (Fsp3) is 0.261. The van der Waals surface area contributed by atoms with Crippen molar-refractivity contribution >= 4 is 22.9 Å². The van der Waals surface area contributed by atoms with Crippen LogP contribution in [0.15, 0.2) is 42.5 Å². The Morgan fingerprint density at radius 3 is 2.59 bits per heavy atom. The van der Waals surface area contributed by atoms with Gasteiger partial charge >= 0.3 is 5.97 Å². The summed E-state index contributed by atoms with van der Waals surface area (Å²) in [6.45, 7) is 4.04. The van der Waals surface area contributed by atoms with Gasteiger partial charge in [0.1, 0.15) is 11.6 Å². The smallest absolute Gasteiger partial charge is 0.330 e. The van der Waals surface area contributed by atoms with Crippen LogP contribution in [0.1, 0.15) is 42.3 Å². The lowest BCUT2D eigenvalue weighted by atomic mass is 9.83. The van der Waals surface area contributed by atoms with Gasteiger partial charge in [0.25, 0.3) is 0 Å². The number of aromatic amines is 1. The Morgan fingerprint density at radius 2 is 1.90 bits per heavy atom. The number of hydrogen-bond acceptors (Lipinski definition) is 3. The van der Waals surface area contributed by atoms with Crippen LogP contribution in [0.3, 0.4) is 0 Å². The van der Waals surface area contributed by atoms with Gasteiger partial charge < -0.3 is 9.72 Å². The molecular weight excluding hydrogens is 374 g/mol. The number of halogens is 2. The second-order valence-corrected chi connectivity index (χ2v) is 7.96. The van der Waals surface area contributed by atoms with Crippen molar-refractivity contribution in [2.75, 3.05) is 7.11 Å². The number of ether oxygens (including phenoxy) is 1. The average molecular weight is 396 g/mol. The summed E-state index contributed by atoms with van der Waals surface area (Å²) in [6.07, 6.45) is 3.20. The largest absolute Gasteiger partial charge is 0.466 e. The van der Waals surface area contributed by atoms with Gasteiger partial charge in [-0.05, 0) is 55.7 Å². The number of hydrogen-bond donors (Lipinski definition) is 2. The Balaban J connectivity index is 1.83. The zero-order chi connectivity index (χ0) is 20.8. The zero-order valence-corrected chi connectivity index (χ0v) is 16.5. The summed E-state index contributed by atoms with van der Waals surface area (Å²) >= 11 is 0. The number of rotatable bonds is 3. The molecule has 150 valence electrons.